The molecule has 2 heterocycles. The highest BCUT2D eigenvalue weighted by Gasteiger charge is 2.17. The molecule has 11 heteroatoms. The van der Waals surface area contributed by atoms with Gasteiger partial charge in [0.2, 0.25) is 9.84 Å². The molecule has 200 valence electrons. The lowest BCUT2D eigenvalue weighted by molar-refractivity contribution is 0.574. The summed E-state index contributed by atoms with van der Waals surface area (Å²) in [5.74, 6) is 1.29. The Bertz CT molecular complexity index is 1820. The Morgan fingerprint density at radius 3 is 2.33 bits per heavy atom. The van der Waals surface area contributed by atoms with Crippen molar-refractivity contribution in [2.24, 2.45) is 0 Å². The third kappa shape index (κ3) is 6.33. The number of fused-ring (bicyclic) bond motifs is 1. The van der Waals surface area contributed by atoms with Crippen molar-refractivity contribution in [1.29, 1.82) is 0 Å². The second-order valence-corrected chi connectivity index (χ2v) is 13.3. The molecular formula is C28H26N4O5S2. The summed E-state index contributed by atoms with van der Waals surface area (Å²) in [5, 5.41) is 7.13. The molecule has 0 bridgehead atoms. The maximum Gasteiger partial charge on any atom is 0.206 e. The minimum absolute atomic E-state index is 0.0731. The number of furan rings is 1. The van der Waals surface area contributed by atoms with E-state index < -0.39 is 19.7 Å². The van der Waals surface area contributed by atoms with Crippen LogP contribution in [0.5, 0.6) is 0 Å². The second-order valence-electron chi connectivity index (χ2n) is 9.05. The summed E-state index contributed by atoms with van der Waals surface area (Å²) in [5.41, 5.74) is 3.13. The first-order valence-corrected chi connectivity index (χ1v) is 15.6. The van der Waals surface area contributed by atoms with Crippen molar-refractivity contribution in [2.75, 3.05) is 23.9 Å². The topological polar surface area (TPSA) is 131 Å². The minimum Gasteiger partial charge on any atom is -0.464 e. The van der Waals surface area contributed by atoms with E-state index in [9.17, 15) is 16.8 Å². The van der Waals surface area contributed by atoms with Gasteiger partial charge in [0.1, 0.15) is 27.7 Å². The molecule has 3 aromatic carbocycles. The van der Waals surface area contributed by atoms with Crippen LogP contribution in [0.4, 0.5) is 11.5 Å². The summed E-state index contributed by atoms with van der Waals surface area (Å²) in [6, 6.07) is 22.4. The van der Waals surface area contributed by atoms with Gasteiger partial charge in [-0.15, -0.1) is 0 Å². The van der Waals surface area contributed by atoms with Crippen LogP contribution in [0, 0.1) is 0 Å². The van der Waals surface area contributed by atoms with Gasteiger partial charge in [-0.3, -0.25) is 0 Å². The lowest BCUT2D eigenvalue weighted by Crippen LogP contribution is -2.21. The van der Waals surface area contributed by atoms with Crippen molar-refractivity contribution < 1.29 is 21.3 Å². The second kappa shape index (κ2) is 11.0. The highest BCUT2D eigenvalue weighted by Crippen LogP contribution is 2.30. The van der Waals surface area contributed by atoms with Gasteiger partial charge in [0.25, 0.3) is 0 Å². The standard InChI is InChI=1S/C28H26N4O5S2/c1-38(33,34)14-13-29-17-20-15-27(37-18-20)21-7-12-26-25(16-21)28(31-19-30-26)32-22-8-10-24(11-9-22)39(35,36)23-5-3-2-4-6-23/h2-12,15-16,18-19,29H,13-14,17H2,1H3,(H,30,31,32). The first kappa shape index (κ1) is 26.5. The van der Waals surface area contributed by atoms with Gasteiger partial charge in [-0.25, -0.2) is 26.8 Å². The van der Waals surface area contributed by atoms with E-state index in [0.29, 0.717) is 30.4 Å². The molecule has 0 spiro atoms. The van der Waals surface area contributed by atoms with Crippen molar-refractivity contribution in [2.45, 2.75) is 16.3 Å². The molecule has 5 aromatic rings. The SMILES string of the molecule is CS(=O)(=O)CCNCc1coc(-c2ccc3ncnc(Nc4ccc(S(=O)(=O)c5ccccc5)cc4)c3c2)c1. The summed E-state index contributed by atoms with van der Waals surface area (Å²) in [6.07, 6.45) is 4.31. The van der Waals surface area contributed by atoms with E-state index in [0.717, 1.165) is 22.0 Å². The van der Waals surface area contributed by atoms with Gasteiger partial charge in [0, 0.05) is 41.5 Å². The molecule has 5 rings (SSSR count). The molecule has 0 unspecified atom stereocenters. The Morgan fingerprint density at radius 1 is 0.846 bits per heavy atom. The molecule has 0 atom stereocenters. The Hall–Kier alpha value is -4.06. The van der Waals surface area contributed by atoms with E-state index in [-0.39, 0.29) is 15.5 Å². The smallest absolute Gasteiger partial charge is 0.206 e. The number of nitrogens with one attached hydrogen (secondary N) is 2. The molecule has 9 nitrogen and oxygen atoms in total. The first-order chi connectivity index (χ1) is 18.7. The van der Waals surface area contributed by atoms with Crippen molar-refractivity contribution >= 4 is 42.1 Å². The van der Waals surface area contributed by atoms with Crippen LogP contribution in [0.2, 0.25) is 0 Å². The third-order valence-electron chi connectivity index (χ3n) is 6.03. The highest BCUT2D eigenvalue weighted by atomic mass is 32.2. The molecule has 0 aliphatic heterocycles. The lowest BCUT2D eigenvalue weighted by Gasteiger charge is -2.10. The maximum absolute atomic E-state index is 12.9. The van der Waals surface area contributed by atoms with Gasteiger partial charge in [0.15, 0.2) is 0 Å². The summed E-state index contributed by atoms with van der Waals surface area (Å²) >= 11 is 0. The number of benzene rings is 3. The molecule has 0 aliphatic carbocycles. The Morgan fingerprint density at radius 2 is 1.59 bits per heavy atom. The Kier molecular flexibility index (Phi) is 7.47. The molecule has 0 fully saturated rings. The van der Waals surface area contributed by atoms with Gasteiger partial charge < -0.3 is 15.1 Å². The Labute approximate surface area is 226 Å². The molecule has 0 amide bonds. The molecule has 2 aromatic heterocycles. The number of anilines is 2. The maximum atomic E-state index is 12.9. The monoisotopic (exact) mass is 562 g/mol. The average molecular weight is 563 g/mol. The van der Waals surface area contributed by atoms with E-state index in [1.165, 1.54) is 12.6 Å². The summed E-state index contributed by atoms with van der Waals surface area (Å²) in [4.78, 5) is 9.20. The van der Waals surface area contributed by atoms with Crippen LogP contribution in [0.3, 0.4) is 0 Å². The van der Waals surface area contributed by atoms with E-state index in [1.807, 2.05) is 24.3 Å². The van der Waals surface area contributed by atoms with Gasteiger partial charge in [0.05, 0.1) is 27.3 Å². The molecular weight excluding hydrogens is 536 g/mol. The molecule has 0 saturated heterocycles. The first-order valence-electron chi connectivity index (χ1n) is 12.1. The molecule has 39 heavy (non-hydrogen) atoms. The molecule has 2 N–H and O–H groups in total. The third-order valence-corrected chi connectivity index (χ3v) is 8.76. The largest absolute Gasteiger partial charge is 0.464 e. The van der Waals surface area contributed by atoms with Crippen LogP contribution in [0.15, 0.2) is 106 Å². The number of hydrogen-bond donors (Lipinski definition) is 2. The van der Waals surface area contributed by atoms with E-state index in [4.69, 9.17) is 4.42 Å². The summed E-state index contributed by atoms with van der Waals surface area (Å²) in [7, 11) is -6.62. The number of rotatable bonds is 10. The zero-order valence-electron chi connectivity index (χ0n) is 21.0. The molecule has 0 aliphatic rings. The van der Waals surface area contributed by atoms with E-state index in [1.54, 1.807) is 60.9 Å². The molecule has 0 radical (unpaired) electrons. The van der Waals surface area contributed by atoms with Crippen molar-refractivity contribution in [3.8, 4) is 11.3 Å². The fourth-order valence-electron chi connectivity index (χ4n) is 4.01. The number of sulfone groups is 2. The predicted molar refractivity (Wildman–Crippen MR) is 150 cm³/mol. The average Bonchev–Trinajstić information content (AvgIpc) is 3.40. The lowest BCUT2D eigenvalue weighted by atomic mass is 10.1. The van der Waals surface area contributed by atoms with Crippen LogP contribution in [0.25, 0.3) is 22.2 Å². The van der Waals surface area contributed by atoms with E-state index in [2.05, 4.69) is 20.6 Å². The summed E-state index contributed by atoms with van der Waals surface area (Å²) < 4.78 is 54.1. The predicted octanol–water partition coefficient (Wildman–Crippen LogP) is 4.60. The Balaban J connectivity index is 1.34. The number of hydrogen-bond acceptors (Lipinski definition) is 9. The molecule has 0 saturated carbocycles. The fourth-order valence-corrected chi connectivity index (χ4v) is 5.81. The fraction of sp³-hybridized carbons (Fsp3) is 0.143. The van der Waals surface area contributed by atoms with Crippen molar-refractivity contribution in [3.05, 3.63) is 97.0 Å². The van der Waals surface area contributed by atoms with Gasteiger partial charge in [-0.05, 0) is 60.7 Å². The van der Waals surface area contributed by atoms with Gasteiger partial charge >= 0.3 is 0 Å². The zero-order chi connectivity index (χ0) is 27.5. The van der Waals surface area contributed by atoms with Gasteiger partial charge in [-0.1, -0.05) is 18.2 Å². The number of nitrogens with zero attached hydrogens (tertiary/aromatic N) is 2. The summed E-state index contributed by atoms with van der Waals surface area (Å²) in [6.45, 7) is 0.847. The van der Waals surface area contributed by atoms with Crippen LogP contribution in [-0.2, 0) is 26.2 Å². The quantitative estimate of drug-likeness (QED) is 0.234. The highest BCUT2D eigenvalue weighted by molar-refractivity contribution is 7.91. The normalized spacial score (nSPS) is 12.0. The number of aromatic nitrogens is 2. The van der Waals surface area contributed by atoms with Crippen LogP contribution < -0.4 is 10.6 Å². The van der Waals surface area contributed by atoms with Crippen LogP contribution >= 0.6 is 0 Å². The van der Waals surface area contributed by atoms with Crippen LogP contribution in [0.1, 0.15) is 5.56 Å². The van der Waals surface area contributed by atoms with Crippen molar-refractivity contribution in [1.82, 2.24) is 15.3 Å². The zero-order valence-corrected chi connectivity index (χ0v) is 22.7. The van der Waals surface area contributed by atoms with E-state index >= 15 is 0 Å². The minimum atomic E-state index is -3.61. The van der Waals surface area contributed by atoms with Crippen LogP contribution in [-0.4, -0.2) is 45.4 Å². The van der Waals surface area contributed by atoms with Crippen molar-refractivity contribution in [3.63, 3.8) is 0 Å². The van der Waals surface area contributed by atoms with Gasteiger partial charge in [-0.2, -0.15) is 0 Å².